The molecule has 0 aliphatic carbocycles. The fourth-order valence-corrected chi connectivity index (χ4v) is 2.89. The van der Waals surface area contributed by atoms with E-state index in [-0.39, 0.29) is 41.5 Å². The highest BCUT2D eigenvalue weighted by atomic mass is 32.2. The normalized spacial score (nSPS) is 11.1. The Labute approximate surface area is 135 Å². The molecule has 0 saturated heterocycles. The van der Waals surface area contributed by atoms with Crippen LogP contribution >= 0.6 is 0 Å². The molecular weight excluding hydrogens is 324 g/mol. The lowest BCUT2D eigenvalue weighted by atomic mass is 10.2. The van der Waals surface area contributed by atoms with Crippen molar-refractivity contribution in [3.63, 3.8) is 0 Å². The van der Waals surface area contributed by atoms with Crippen LogP contribution in [0.25, 0.3) is 0 Å². The van der Waals surface area contributed by atoms with Crippen LogP contribution in [-0.4, -0.2) is 58.1 Å². The summed E-state index contributed by atoms with van der Waals surface area (Å²) >= 11 is 0. The summed E-state index contributed by atoms with van der Waals surface area (Å²) in [6.45, 7) is -0.00236. The molecule has 2 N–H and O–H groups in total. The molecule has 0 radical (unpaired) electrons. The third-order valence-corrected chi connectivity index (χ3v) is 4.44. The average molecular weight is 344 g/mol. The highest BCUT2D eigenvalue weighted by molar-refractivity contribution is 7.89. The zero-order chi connectivity index (χ0) is 17.6. The number of aliphatic carboxylic acids is 1. The number of benzene rings is 1. The van der Waals surface area contributed by atoms with Gasteiger partial charge < -0.3 is 14.7 Å². The van der Waals surface area contributed by atoms with Gasteiger partial charge >= 0.3 is 5.97 Å². The third kappa shape index (κ3) is 5.22. The van der Waals surface area contributed by atoms with E-state index >= 15 is 0 Å². The number of hydrogen-bond acceptors (Lipinski definition) is 5. The van der Waals surface area contributed by atoms with Gasteiger partial charge in [-0.25, -0.2) is 13.1 Å². The Kier molecular flexibility index (Phi) is 6.52. The van der Waals surface area contributed by atoms with Crippen molar-refractivity contribution in [2.45, 2.75) is 17.7 Å². The summed E-state index contributed by atoms with van der Waals surface area (Å²) in [4.78, 5) is 23.7. The summed E-state index contributed by atoms with van der Waals surface area (Å²) in [5.74, 6) is -1.11. The number of rotatable bonds is 8. The van der Waals surface area contributed by atoms with Crippen molar-refractivity contribution in [3.8, 4) is 5.75 Å². The van der Waals surface area contributed by atoms with Gasteiger partial charge in [-0.15, -0.1) is 0 Å². The lowest BCUT2D eigenvalue weighted by Crippen LogP contribution is -2.26. The lowest BCUT2D eigenvalue weighted by molar-refractivity contribution is -0.137. The van der Waals surface area contributed by atoms with Crippen LogP contribution in [0.4, 0.5) is 0 Å². The first kappa shape index (κ1) is 18.9. The highest BCUT2D eigenvalue weighted by Crippen LogP contribution is 2.23. The van der Waals surface area contributed by atoms with E-state index in [2.05, 4.69) is 4.72 Å². The largest absolute Gasteiger partial charge is 0.496 e. The van der Waals surface area contributed by atoms with E-state index < -0.39 is 16.0 Å². The molecule has 0 fully saturated rings. The monoisotopic (exact) mass is 344 g/mol. The van der Waals surface area contributed by atoms with Crippen LogP contribution in [0.3, 0.4) is 0 Å². The van der Waals surface area contributed by atoms with Gasteiger partial charge in [-0.1, -0.05) is 0 Å². The molecule has 0 aliphatic heterocycles. The number of nitrogens with one attached hydrogen (secondary N) is 1. The van der Waals surface area contributed by atoms with Crippen LogP contribution in [0.1, 0.15) is 23.2 Å². The lowest BCUT2D eigenvalue weighted by Gasteiger charge is -2.15. The summed E-state index contributed by atoms with van der Waals surface area (Å²) < 4.78 is 31.8. The molecule has 0 unspecified atom stereocenters. The van der Waals surface area contributed by atoms with Crippen LogP contribution in [0.15, 0.2) is 23.1 Å². The first-order valence-corrected chi connectivity index (χ1v) is 8.28. The minimum Gasteiger partial charge on any atom is -0.496 e. The Hall–Kier alpha value is -2.13. The first-order chi connectivity index (χ1) is 10.7. The number of ether oxygens (including phenoxy) is 1. The van der Waals surface area contributed by atoms with Gasteiger partial charge in [-0.05, 0) is 24.6 Å². The highest BCUT2D eigenvalue weighted by Gasteiger charge is 2.20. The molecule has 0 heterocycles. The number of methoxy groups -OCH3 is 1. The number of carboxylic acids is 1. The van der Waals surface area contributed by atoms with E-state index in [0.717, 1.165) is 0 Å². The molecule has 23 heavy (non-hydrogen) atoms. The minimum absolute atomic E-state index is 0.00236. The van der Waals surface area contributed by atoms with E-state index in [4.69, 9.17) is 9.84 Å². The van der Waals surface area contributed by atoms with Crippen molar-refractivity contribution in [3.05, 3.63) is 23.8 Å². The molecular formula is C14H20N2O6S. The predicted molar refractivity (Wildman–Crippen MR) is 83.1 cm³/mol. The molecule has 0 atom stereocenters. The molecule has 1 amide bonds. The number of amides is 1. The third-order valence-electron chi connectivity index (χ3n) is 2.98. The topological polar surface area (TPSA) is 113 Å². The molecule has 0 aromatic heterocycles. The van der Waals surface area contributed by atoms with Crippen molar-refractivity contribution in [1.82, 2.24) is 9.62 Å². The fraction of sp³-hybridized carbons (Fsp3) is 0.429. The number of carboxylic acid groups (broad SMARTS) is 1. The summed E-state index contributed by atoms with van der Waals surface area (Å²) in [7, 11) is 0.652. The van der Waals surface area contributed by atoms with Gasteiger partial charge in [0.25, 0.3) is 5.91 Å². The SMILES string of the molecule is COc1ccc(S(=O)(=O)NCCCC(=O)O)cc1C(=O)N(C)C. The number of hydrogen-bond donors (Lipinski definition) is 2. The molecule has 8 nitrogen and oxygen atoms in total. The van der Waals surface area contributed by atoms with E-state index in [9.17, 15) is 18.0 Å². The van der Waals surface area contributed by atoms with Crippen LogP contribution in [0, 0.1) is 0 Å². The van der Waals surface area contributed by atoms with Crippen LogP contribution in [0.5, 0.6) is 5.75 Å². The number of carbonyl (C=O) groups is 2. The Bertz CT molecular complexity index is 685. The minimum atomic E-state index is -3.83. The van der Waals surface area contributed by atoms with Crippen molar-refractivity contribution >= 4 is 21.9 Å². The fourth-order valence-electron chi connectivity index (χ4n) is 1.79. The zero-order valence-corrected chi connectivity index (χ0v) is 14.0. The molecule has 0 aliphatic rings. The molecule has 0 saturated carbocycles. The quantitative estimate of drug-likeness (QED) is 0.666. The molecule has 128 valence electrons. The second-order valence-corrected chi connectivity index (χ2v) is 6.72. The average Bonchev–Trinajstić information content (AvgIpc) is 2.49. The maximum absolute atomic E-state index is 12.2. The molecule has 1 aromatic rings. The second kappa shape index (κ2) is 7.93. The van der Waals surface area contributed by atoms with Crippen LogP contribution in [-0.2, 0) is 14.8 Å². The van der Waals surface area contributed by atoms with Crippen molar-refractivity contribution in [1.29, 1.82) is 0 Å². The number of sulfonamides is 1. The Morgan fingerprint density at radius 2 is 1.96 bits per heavy atom. The molecule has 9 heteroatoms. The van der Waals surface area contributed by atoms with Gasteiger partial charge in [0, 0.05) is 27.1 Å². The van der Waals surface area contributed by atoms with E-state index in [0.29, 0.717) is 0 Å². The number of carbonyl (C=O) groups excluding carboxylic acids is 1. The van der Waals surface area contributed by atoms with Crippen LogP contribution in [0.2, 0.25) is 0 Å². The van der Waals surface area contributed by atoms with E-state index in [1.807, 2.05) is 0 Å². The van der Waals surface area contributed by atoms with Gasteiger partial charge in [-0.2, -0.15) is 0 Å². The Morgan fingerprint density at radius 1 is 1.30 bits per heavy atom. The van der Waals surface area contributed by atoms with Gasteiger partial charge in [0.1, 0.15) is 5.75 Å². The van der Waals surface area contributed by atoms with Gasteiger partial charge in [0.2, 0.25) is 10.0 Å². The van der Waals surface area contributed by atoms with Gasteiger partial charge in [-0.3, -0.25) is 9.59 Å². The van der Waals surface area contributed by atoms with Gasteiger partial charge in [0.05, 0.1) is 17.6 Å². The molecule has 0 spiro atoms. The van der Waals surface area contributed by atoms with E-state index in [1.165, 1.54) is 30.2 Å². The first-order valence-electron chi connectivity index (χ1n) is 6.80. The van der Waals surface area contributed by atoms with Crippen molar-refractivity contribution in [2.24, 2.45) is 0 Å². The Morgan fingerprint density at radius 3 is 2.48 bits per heavy atom. The predicted octanol–water partition coefficient (Wildman–Crippen LogP) is 0.540. The van der Waals surface area contributed by atoms with Crippen molar-refractivity contribution < 1.29 is 27.9 Å². The van der Waals surface area contributed by atoms with Gasteiger partial charge in [0.15, 0.2) is 0 Å². The summed E-state index contributed by atoms with van der Waals surface area (Å²) in [5.41, 5.74) is 0.130. The standard InChI is InChI=1S/C14H20N2O6S/c1-16(2)14(19)11-9-10(6-7-12(11)22-3)23(20,21)15-8-4-5-13(17)18/h6-7,9,15H,4-5,8H2,1-3H3,(H,17,18). The maximum atomic E-state index is 12.2. The Balaban J connectivity index is 3.01. The smallest absolute Gasteiger partial charge is 0.303 e. The van der Waals surface area contributed by atoms with E-state index in [1.54, 1.807) is 14.1 Å². The van der Waals surface area contributed by atoms with Crippen LogP contribution < -0.4 is 9.46 Å². The molecule has 0 bridgehead atoms. The number of nitrogens with zero attached hydrogens (tertiary/aromatic N) is 1. The molecule has 1 aromatic carbocycles. The summed E-state index contributed by atoms with van der Waals surface area (Å²) in [5, 5.41) is 8.53. The molecule has 1 rings (SSSR count). The second-order valence-electron chi connectivity index (χ2n) is 4.96. The van der Waals surface area contributed by atoms with Crippen molar-refractivity contribution in [2.75, 3.05) is 27.7 Å². The maximum Gasteiger partial charge on any atom is 0.303 e. The summed E-state index contributed by atoms with van der Waals surface area (Å²) in [6.07, 6.45) is 0.0453. The summed E-state index contributed by atoms with van der Waals surface area (Å²) in [6, 6.07) is 3.97. The zero-order valence-electron chi connectivity index (χ0n) is 13.2.